The number of rotatable bonds is 5. The molecule has 2 heterocycles. The molecule has 0 aliphatic carbocycles. The first-order chi connectivity index (χ1) is 15.0. The quantitative estimate of drug-likeness (QED) is 0.605. The summed E-state index contributed by atoms with van der Waals surface area (Å²) in [5.74, 6) is 0.280. The molecule has 0 saturated carbocycles. The number of anilines is 3. The Morgan fingerprint density at radius 3 is 2.32 bits per heavy atom. The van der Waals surface area contributed by atoms with Gasteiger partial charge in [0.2, 0.25) is 11.9 Å². The van der Waals surface area contributed by atoms with Gasteiger partial charge in [-0.1, -0.05) is 34.1 Å². The fourth-order valence-corrected chi connectivity index (χ4v) is 3.94. The van der Waals surface area contributed by atoms with Crippen molar-refractivity contribution < 1.29 is 4.79 Å². The van der Waals surface area contributed by atoms with Crippen molar-refractivity contribution in [3.8, 4) is 0 Å². The van der Waals surface area contributed by atoms with Crippen molar-refractivity contribution in [1.29, 1.82) is 0 Å². The maximum absolute atomic E-state index is 12.7. The molecule has 1 saturated heterocycles. The van der Waals surface area contributed by atoms with Crippen LogP contribution in [0.25, 0.3) is 0 Å². The molecule has 1 N–H and O–H groups in total. The normalized spacial score (nSPS) is 13.9. The molecule has 0 bridgehead atoms. The minimum atomic E-state index is -0.265. The molecule has 160 valence electrons. The Morgan fingerprint density at radius 1 is 1.00 bits per heavy atom. The zero-order valence-corrected chi connectivity index (χ0v) is 18.9. The summed E-state index contributed by atoms with van der Waals surface area (Å²) in [6.45, 7) is 4.80. The summed E-state index contributed by atoms with van der Waals surface area (Å²) in [6, 6.07) is 19.1. The molecule has 0 spiro atoms. The van der Waals surface area contributed by atoms with Crippen molar-refractivity contribution in [1.82, 2.24) is 9.55 Å². The molecule has 3 aromatic rings. The lowest BCUT2D eigenvalue weighted by atomic mass is 10.2. The van der Waals surface area contributed by atoms with E-state index < -0.39 is 0 Å². The molecule has 0 unspecified atom stereocenters. The van der Waals surface area contributed by atoms with E-state index in [9.17, 15) is 9.59 Å². The van der Waals surface area contributed by atoms with E-state index in [0.29, 0.717) is 17.3 Å². The van der Waals surface area contributed by atoms with Crippen LogP contribution in [0, 0.1) is 6.92 Å². The molecular weight excluding hydrogens is 458 g/mol. The summed E-state index contributed by atoms with van der Waals surface area (Å²) in [5.41, 5.74) is 2.29. The van der Waals surface area contributed by atoms with Crippen LogP contribution in [-0.4, -0.2) is 41.6 Å². The van der Waals surface area contributed by atoms with Crippen molar-refractivity contribution >= 4 is 39.2 Å². The molecule has 31 heavy (non-hydrogen) atoms. The van der Waals surface area contributed by atoms with Crippen molar-refractivity contribution in [2.45, 2.75) is 13.5 Å². The monoisotopic (exact) mass is 481 g/mol. The van der Waals surface area contributed by atoms with Gasteiger partial charge in [0, 0.05) is 53.8 Å². The third-order valence-electron chi connectivity index (χ3n) is 5.23. The van der Waals surface area contributed by atoms with Crippen LogP contribution in [0.1, 0.15) is 5.69 Å². The van der Waals surface area contributed by atoms with E-state index in [4.69, 9.17) is 0 Å². The van der Waals surface area contributed by atoms with Crippen LogP contribution in [0.3, 0.4) is 0 Å². The van der Waals surface area contributed by atoms with Crippen molar-refractivity contribution in [3.63, 3.8) is 0 Å². The minimum absolute atomic E-state index is 0.0869. The van der Waals surface area contributed by atoms with Gasteiger partial charge in [-0.05, 0) is 43.3 Å². The molecule has 0 radical (unpaired) electrons. The number of amides is 1. The summed E-state index contributed by atoms with van der Waals surface area (Å²) in [7, 11) is 0. The van der Waals surface area contributed by atoms with Gasteiger partial charge in [-0.25, -0.2) is 4.98 Å². The summed E-state index contributed by atoms with van der Waals surface area (Å²) < 4.78 is 2.39. The first kappa shape index (κ1) is 21.1. The second kappa shape index (κ2) is 9.34. The van der Waals surface area contributed by atoms with E-state index in [0.717, 1.165) is 30.7 Å². The smallest absolute Gasteiger partial charge is 0.255 e. The summed E-state index contributed by atoms with van der Waals surface area (Å²) in [4.78, 5) is 34.4. The zero-order valence-electron chi connectivity index (χ0n) is 17.3. The van der Waals surface area contributed by atoms with Gasteiger partial charge in [0.25, 0.3) is 5.56 Å². The Kier molecular flexibility index (Phi) is 6.36. The van der Waals surface area contributed by atoms with Crippen LogP contribution in [-0.2, 0) is 11.3 Å². The predicted octanol–water partition coefficient (Wildman–Crippen LogP) is 3.28. The molecule has 0 atom stereocenters. The van der Waals surface area contributed by atoms with Gasteiger partial charge in [-0.3, -0.25) is 14.2 Å². The van der Waals surface area contributed by atoms with Crippen LogP contribution < -0.4 is 20.7 Å². The SMILES string of the molecule is Cc1cc(=O)n(CC(=O)Nc2ccc(Br)cc2)c(N2CCN(c3ccccc3)CC2)n1. The minimum Gasteiger partial charge on any atom is -0.368 e. The molecule has 2 aromatic carbocycles. The first-order valence-electron chi connectivity index (χ1n) is 10.2. The Balaban J connectivity index is 1.50. The van der Waals surface area contributed by atoms with Crippen molar-refractivity contribution in [2.24, 2.45) is 0 Å². The lowest BCUT2D eigenvalue weighted by molar-refractivity contribution is -0.116. The van der Waals surface area contributed by atoms with Crippen LogP contribution in [0.4, 0.5) is 17.3 Å². The summed E-state index contributed by atoms with van der Waals surface area (Å²) in [6.07, 6.45) is 0. The lowest BCUT2D eigenvalue weighted by Crippen LogP contribution is -2.48. The Morgan fingerprint density at radius 2 is 1.65 bits per heavy atom. The number of carbonyl (C=O) groups is 1. The highest BCUT2D eigenvalue weighted by atomic mass is 79.9. The first-order valence-corrected chi connectivity index (χ1v) is 11.0. The maximum Gasteiger partial charge on any atom is 0.255 e. The third-order valence-corrected chi connectivity index (χ3v) is 5.76. The fourth-order valence-electron chi connectivity index (χ4n) is 3.68. The van der Waals surface area contributed by atoms with E-state index in [1.165, 1.54) is 16.3 Å². The predicted molar refractivity (Wildman–Crippen MR) is 127 cm³/mol. The summed E-state index contributed by atoms with van der Waals surface area (Å²) in [5, 5.41) is 2.84. The second-order valence-corrected chi connectivity index (χ2v) is 8.40. The Hall–Kier alpha value is -3.13. The fraction of sp³-hybridized carbons (Fsp3) is 0.261. The largest absolute Gasteiger partial charge is 0.368 e. The zero-order chi connectivity index (χ0) is 21.8. The van der Waals surface area contributed by atoms with E-state index in [-0.39, 0.29) is 18.0 Å². The van der Waals surface area contributed by atoms with Gasteiger partial charge < -0.3 is 15.1 Å². The second-order valence-electron chi connectivity index (χ2n) is 7.49. The number of nitrogens with one attached hydrogen (secondary N) is 1. The molecule has 1 fully saturated rings. The van der Waals surface area contributed by atoms with Gasteiger partial charge in [0.1, 0.15) is 6.54 Å². The van der Waals surface area contributed by atoms with Crippen LogP contribution in [0.15, 0.2) is 69.9 Å². The van der Waals surface area contributed by atoms with Crippen LogP contribution in [0.5, 0.6) is 0 Å². The van der Waals surface area contributed by atoms with Crippen molar-refractivity contribution in [2.75, 3.05) is 41.3 Å². The number of carbonyl (C=O) groups excluding carboxylic acids is 1. The summed E-state index contributed by atoms with van der Waals surface area (Å²) >= 11 is 3.38. The van der Waals surface area contributed by atoms with Crippen LogP contribution >= 0.6 is 15.9 Å². The number of piperazine rings is 1. The molecule has 4 rings (SSSR count). The van der Waals surface area contributed by atoms with Gasteiger partial charge >= 0.3 is 0 Å². The Bertz CT molecular complexity index is 1110. The van der Waals surface area contributed by atoms with Crippen LogP contribution in [0.2, 0.25) is 0 Å². The molecule has 1 aliphatic heterocycles. The number of halogens is 1. The topological polar surface area (TPSA) is 70.5 Å². The number of aromatic nitrogens is 2. The van der Waals surface area contributed by atoms with E-state index in [1.54, 1.807) is 6.92 Å². The maximum atomic E-state index is 12.7. The number of benzene rings is 2. The number of nitrogens with zero attached hydrogens (tertiary/aromatic N) is 4. The van der Waals surface area contributed by atoms with Gasteiger partial charge in [0.05, 0.1) is 0 Å². The number of aryl methyl sites for hydroxylation is 1. The van der Waals surface area contributed by atoms with Gasteiger partial charge in [-0.15, -0.1) is 0 Å². The molecule has 7 nitrogen and oxygen atoms in total. The van der Waals surface area contributed by atoms with Gasteiger partial charge in [-0.2, -0.15) is 0 Å². The highest BCUT2D eigenvalue weighted by molar-refractivity contribution is 9.10. The number of para-hydroxylation sites is 1. The highest BCUT2D eigenvalue weighted by Gasteiger charge is 2.22. The van der Waals surface area contributed by atoms with Gasteiger partial charge in [0.15, 0.2) is 0 Å². The average molecular weight is 482 g/mol. The highest BCUT2D eigenvalue weighted by Crippen LogP contribution is 2.19. The Labute approximate surface area is 189 Å². The standard InChI is InChI=1S/C23H24BrN5O2/c1-17-15-22(31)29(16-21(30)26-19-9-7-18(24)8-10-19)23(25-17)28-13-11-27(12-14-28)20-5-3-2-4-6-20/h2-10,15H,11-14,16H2,1H3,(H,26,30). The molecule has 8 heteroatoms. The molecule has 1 aromatic heterocycles. The number of hydrogen-bond acceptors (Lipinski definition) is 5. The molecule has 1 amide bonds. The lowest BCUT2D eigenvalue weighted by Gasteiger charge is -2.37. The number of hydrogen-bond donors (Lipinski definition) is 1. The molecular formula is C23H24BrN5O2. The molecule has 1 aliphatic rings. The van der Waals surface area contributed by atoms with E-state index in [2.05, 4.69) is 48.2 Å². The van der Waals surface area contributed by atoms with E-state index >= 15 is 0 Å². The van der Waals surface area contributed by atoms with Crippen molar-refractivity contribution in [3.05, 3.63) is 81.2 Å². The van der Waals surface area contributed by atoms with E-state index in [1.807, 2.05) is 42.5 Å². The average Bonchev–Trinajstić information content (AvgIpc) is 2.78. The third kappa shape index (κ3) is 5.14.